The fraction of sp³-hybridized carbons (Fsp3) is 0.143. The van der Waals surface area contributed by atoms with Crippen molar-refractivity contribution in [2.24, 2.45) is 0 Å². The predicted molar refractivity (Wildman–Crippen MR) is 113 cm³/mol. The van der Waals surface area contributed by atoms with Gasteiger partial charge in [-0.2, -0.15) is 5.10 Å². The van der Waals surface area contributed by atoms with Crippen molar-refractivity contribution >= 4 is 34.2 Å². The summed E-state index contributed by atoms with van der Waals surface area (Å²) in [7, 11) is 0. The maximum atomic E-state index is 13.0. The second kappa shape index (κ2) is 8.03. The molecule has 9 heteroatoms. The van der Waals surface area contributed by atoms with E-state index >= 15 is 0 Å². The Kier molecular flexibility index (Phi) is 5.28. The molecule has 0 atom stereocenters. The van der Waals surface area contributed by atoms with Gasteiger partial charge in [0.15, 0.2) is 5.65 Å². The van der Waals surface area contributed by atoms with E-state index in [0.717, 1.165) is 4.88 Å². The molecule has 0 fully saturated rings. The van der Waals surface area contributed by atoms with Crippen LogP contribution in [0.15, 0.2) is 54.0 Å². The van der Waals surface area contributed by atoms with Crippen LogP contribution in [0.25, 0.3) is 21.6 Å². The van der Waals surface area contributed by atoms with Crippen molar-refractivity contribution in [2.45, 2.75) is 19.9 Å². The van der Waals surface area contributed by atoms with Gasteiger partial charge in [-0.25, -0.2) is 14.1 Å². The van der Waals surface area contributed by atoms with E-state index in [2.05, 4.69) is 16.0 Å². The maximum absolute atomic E-state index is 13.0. The number of pyridine rings is 1. The summed E-state index contributed by atoms with van der Waals surface area (Å²) < 4.78 is 14.8. The lowest BCUT2D eigenvalue weighted by molar-refractivity contribution is 0.0847. The number of halogens is 1. The molecule has 0 aliphatic heterocycles. The smallest absolute Gasteiger partial charge is 0.267 e. The van der Waals surface area contributed by atoms with E-state index in [9.17, 15) is 14.0 Å². The predicted octanol–water partition coefficient (Wildman–Crippen LogP) is 3.95. The van der Waals surface area contributed by atoms with Crippen molar-refractivity contribution in [3.63, 3.8) is 0 Å². The van der Waals surface area contributed by atoms with E-state index in [4.69, 9.17) is 4.98 Å². The molecule has 2 N–H and O–H groups in total. The van der Waals surface area contributed by atoms with Gasteiger partial charge in [0.2, 0.25) is 0 Å². The molecular formula is C21H18FN5O2S. The molecule has 2 amide bonds. The van der Waals surface area contributed by atoms with Gasteiger partial charge in [-0.1, -0.05) is 6.07 Å². The maximum Gasteiger partial charge on any atom is 0.270 e. The Labute approximate surface area is 175 Å². The first kappa shape index (κ1) is 19.7. The zero-order chi connectivity index (χ0) is 21.3. The van der Waals surface area contributed by atoms with E-state index in [1.165, 1.54) is 35.6 Å². The topological polar surface area (TPSA) is 88.9 Å². The van der Waals surface area contributed by atoms with Gasteiger partial charge in [0.05, 0.1) is 27.7 Å². The van der Waals surface area contributed by atoms with Crippen LogP contribution in [-0.4, -0.2) is 26.6 Å². The summed E-state index contributed by atoms with van der Waals surface area (Å²) in [5, 5.41) is 6.88. The van der Waals surface area contributed by atoms with Gasteiger partial charge in [-0.05, 0) is 55.6 Å². The van der Waals surface area contributed by atoms with Crippen molar-refractivity contribution in [2.75, 3.05) is 0 Å². The van der Waals surface area contributed by atoms with Crippen molar-refractivity contribution < 1.29 is 14.0 Å². The molecule has 30 heavy (non-hydrogen) atoms. The summed E-state index contributed by atoms with van der Waals surface area (Å²) >= 11 is 1.51. The summed E-state index contributed by atoms with van der Waals surface area (Å²) in [4.78, 5) is 30.7. The Morgan fingerprint density at radius 3 is 2.50 bits per heavy atom. The SMILES string of the molecule is CC(C)n1ncc2c(C(=O)NNC(=O)c3ccc(F)cc3)cc(-c3cccs3)nc21. The number of hydrogen-bond donors (Lipinski definition) is 2. The molecule has 0 spiro atoms. The van der Waals surface area contributed by atoms with Crippen LogP contribution in [0.5, 0.6) is 0 Å². The first-order chi connectivity index (χ1) is 14.4. The molecule has 4 aromatic rings. The number of rotatable bonds is 4. The van der Waals surface area contributed by atoms with Crippen molar-refractivity contribution in [1.82, 2.24) is 25.6 Å². The summed E-state index contributed by atoms with van der Waals surface area (Å²) in [5.74, 6) is -1.50. The molecule has 1 aromatic carbocycles. The van der Waals surface area contributed by atoms with E-state index in [0.29, 0.717) is 22.3 Å². The van der Waals surface area contributed by atoms with E-state index in [1.54, 1.807) is 16.9 Å². The second-order valence-corrected chi connectivity index (χ2v) is 7.82. The average molecular weight is 423 g/mol. The highest BCUT2D eigenvalue weighted by atomic mass is 32.1. The number of amides is 2. The minimum Gasteiger partial charge on any atom is -0.267 e. The molecule has 0 saturated heterocycles. The van der Waals surface area contributed by atoms with E-state index < -0.39 is 17.6 Å². The summed E-state index contributed by atoms with van der Waals surface area (Å²) in [6.07, 6.45) is 1.59. The fourth-order valence-corrected chi connectivity index (χ4v) is 3.67. The second-order valence-electron chi connectivity index (χ2n) is 6.87. The number of carbonyl (C=O) groups excluding carboxylic acids is 2. The summed E-state index contributed by atoms with van der Waals surface area (Å²) in [5.41, 5.74) is 6.59. The molecule has 3 aromatic heterocycles. The van der Waals surface area contributed by atoms with Gasteiger partial charge in [0, 0.05) is 11.6 Å². The van der Waals surface area contributed by atoms with Gasteiger partial charge >= 0.3 is 0 Å². The zero-order valence-corrected chi connectivity index (χ0v) is 17.0. The van der Waals surface area contributed by atoms with Crippen LogP contribution in [0, 0.1) is 5.82 Å². The van der Waals surface area contributed by atoms with Crippen molar-refractivity contribution in [3.8, 4) is 10.6 Å². The number of hydrazine groups is 1. The van der Waals surface area contributed by atoms with Crippen LogP contribution in [0.3, 0.4) is 0 Å². The van der Waals surface area contributed by atoms with Gasteiger partial charge in [-0.15, -0.1) is 11.3 Å². The third kappa shape index (κ3) is 3.79. The molecule has 0 unspecified atom stereocenters. The normalized spacial score (nSPS) is 11.1. The number of aromatic nitrogens is 3. The van der Waals surface area contributed by atoms with Crippen molar-refractivity contribution in [3.05, 3.63) is 71.0 Å². The standard InChI is InChI=1S/C21H18FN5O2S/c1-12(2)27-19-16(11-23-27)15(10-17(24-19)18-4-3-9-30-18)21(29)26-25-20(28)13-5-7-14(22)8-6-13/h3-12H,1-2H3,(H,25,28)(H,26,29). The Bertz CT molecular complexity index is 1220. The summed E-state index contributed by atoms with van der Waals surface area (Å²) in [6, 6.07) is 10.6. The first-order valence-corrected chi connectivity index (χ1v) is 10.1. The van der Waals surface area contributed by atoms with Gasteiger partial charge in [-0.3, -0.25) is 20.4 Å². The lowest BCUT2D eigenvalue weighted by Gasteiger charge is -2.11. The minimum absolute atomic E-state index is 0.0580. The van der Waals surface area contributed by atoms with Crippen LogP contribution < -0.4 is 10.9 Å². The Balaban J connectivity index is 1.66. The van der Waals surface area contributed by atoms with Crippen LogP contribution in [-0.2, 0) is 0 Å². The van der Waals surface area contributed by atoms with Gasteiger partial charge in [0.1, 0.15) is 5.82 Å². The molecule has 0 aliphatic carbocycles. The molecule has 3 heterocycles. The van der Waals surface area contributed by atoms with Crippen LogP contribution in [0.4, 0.5) is 4.39 Å². The first-order valence-electron chi connectivity index (χ1n) is 9.22. The quantitative estimate of drug-likeness (QED) is 0.487. The zero-order valence-electron chi connectivity index (χ0n) is 16.2. The molecule has 7 nitrogen and oxygen atoms in total. The van der Waals surface area contributed by atoms with Crippen LogP contribution in [0.2, 0.25) is 0 Å². The number of nitrogens with zero attached hydrogens (tertiary/aromatic N) is 3. The highest BCUT2D eigenvalue weighted by Gasteiger charge is 2.19. The molecular weight excluding hydrogens is 405 g/mol. The minimum atomic E-state index is -0.551. The van der Waals surface area contributed by atoms with Crippen LogP contribution >= 0.6 is 11.3 Å². The number of fused-ring (bicyclic) bond motifs is 1. The number of nitrogens with one attached hydrogen (secondary N) is 2. The largest absolute Gasteiger partial charge is 0.270 e. The Morgan fingerprint density at radius 2 is 1.83 bits per heavy atom. The third-order valence-electron chi connectivity index (χ3n) is 4.47. The van der Waals surface area contributed by atoms with E-state index in [-0.39, 0.29) is 11.6 Å². The fourth-order valence-electron chi connectivity index (χ4n) is 2.99. The van der Waals surface area contributed by atoms with Crippen molar-refractivity contribution in [1.29, 1.82) is 0 Å². The van der Waals surface area contributed by atoms with Gasteiger partial charge < -0.3 is 0 Å². The lowest BCUT2D eigenvalue weighted by Crippen LogP contribution is -2.41. The average Bonchev–Trinajstić information content (AvgIpc) is 3.41. The molecule has 0 aliphatic rings. The third-order valence-corrected chi connectivity index (χ3v) is 5.36. The highest BCUT2D eigenvalue weighted by molar-refractivity contribution is 7.13. The lowest BCUT2D eigenvalue weighted by atomic mass is 10.1. The molecule has 152 valence electrons. The number of carbonyl (C=O) groups is 2. The number of benzene rings is 1. The summed E-state index contributed by atoms with van der Waals surface area (Å²) in [6.45, 7) is 3.96. The highest BCUT2D eigenvalue weighted by Crippen LogP contribution is 2.28. The molecule has 0 bridgehead atoms. The van der Waals surface area contributed by atoms with Gasteiger partial charge in [0.25, 0.3) is 11.8 Å². The van der Waals surface area contributed by atoms with E-state index in [1.807, 2.05) is 31.4 Å². The van der Waals surface area contributed by atoms with Crippen LogP contribution in [0.1, 0.15) is 40.6 Å². The Morgan fingerprint density at radius 1 is 1.10 bits per heavy atom. The molecule has 0 saturated carbocycles. The number of hydrogen-bond acceptors (Lipinski definition) is 5. The monoisotopic (exact) mass is 423 g/mol. The molecule has 0 radical (unpaired) electrons. The molecule has 4 rings (SSSR count). The number of thiophene rings is 1. The Hall–Kier alpha value is -3.59.